The number of hydrogen-bond donors (Lipinski definition) is 2. The zero-order chi connectivity index (χ0) is 21.4. The molecule has 0 bridgehead atoms. The second-order valence-electron chi connectivity index (χ2n) is 7.86. The molecule has 7 heteroatoms. The Morgan fingerprint density at radius 3 is 2.58 bits per heavy atom. The van der Waals surface area contributed by atoms with Gasteiger partial charge in [-0.25, -0.2) is 4.98 Å². The maximum absolute atomic E-state index is 13.1. The highest BCUT2D eigenvalue weighted by Gasteiger charge is 2.48. The molecule has 2 aromatic carbocycles. The number of phenols is 1. The van der Waals surface area contributed by atoms with Gasteiger partial charge in [0, 0.05) is 37.2 Å². The van der Waals surface area contributed by atoms with Gasteiger partial charge in [0.05, 0.1) is 18.3 Å². The van der Waals surface area contributed by atoms with E-state index in [1.54, 1.807) is 41.7 Å². The number of carbonyl (C=O) groups excluding carboxylic acids is 2. The van der Waals surface area contributed by atoms with E-state index in [-0.39, 0.29) is 5.75 Å². The normalized spacial score (nSPS) is 18.9. The number of benzene rings is 2. The van der Waals surface area contributed by atoms with Gasteiger partial charge in [-0.05, 0) is 53.3 Å². The average molecular weight is 414 g/mol. The molecular weight excluding hydrogens is 392 g/mol. The molecular formula is C24H22N4O3. The summed E-state index contributed by atoms with van der Waals surface area (Å²) >= 11 is 0. The van der Waals surface area contributed by atoms with Gasteiger partial charge in [0.25, 0.3) is 5.91 Å². The van der Waals surface area contributed by atoms with Gasteiger partial charge in [-0.2, -0.15) is 0 Å². The minimum atomic E-state index is -0.613. The van der Waals surface area contributed by atoms with E-state index in [0.717, 1.165) is 22.0 Å². The molecule has 5 rings (SSSR count). The van der Waals surface area contributed by atoms with Crippen molar-refractivity contribution in [2.24, 2.45) is 0 Å². The Labute approximate surface area is 179 Å². The molecule has 7 nitrogen and oxygen atoms in total. The number of nitrogens with one attached hydrogen (secondary N) is 1. The Hall–Kier alpha value is -3.87. The molecule has 2 unspecified atom stereocenters. The molecule has 1 aliphatic rings. The molecule has 3 heterocycles. The summed E-state index contributed by atoms with van der Waals surface area (Å²) < 4.78 is 1.96. The van der Waals surface area contributed by atoms with Gasteiger partial charge in [0.1, 0.15) is 5.75 Å². The van der Waals surface area contributed by atoms with Crippen LogP contribution in [0.1, 0.15) is 29.5 Å². The molecule has 156 valence electrons. The van der Waals surface area contributed by atoms with Crippen molar-refractivity contribution in [3.8, 4) is 5.75 Å². The number of hydrogen-bond acceptors (Lipinski definition) is 4. The lowest BCUT2D eigenvalue weighted by molar-refractivity contribution is -0.140. The van der Waals surface area contributed by atoms with Crippen LogP contribution in [0.25, 0.3) is 10.9 Å². The number of ketones is 1. The summed E-state index contributed by atoms with van der Waals surface area (Å²) in [5, 5.41) is 10.7. The van der Waals surface area contributed by atoms with Crippen LogP contribution in [0.15, 0.2) is 73.4 Å². The Balaban J connectivity index is 1.52. The van der Waals surface area contributed by atoms with E-state index in [9.17, 15) is 14.7 Å². The number of rotatable bonds is 6. The standard InChI is InChI=1S/C24H22N4O3/c29-19-5-2-16(3-6-19)21-22(18-4-7-20-17(14-18)8-9-26-20)28(24(31)23(21)30)12-1-11-27-13-10-25-15-27/h2-10,13-15,21-22,26,29H,1,11-12H2. The van der Waals surface area contributed by atoms with Gasteiger partial charge in [0.2, 0.25) is 5.78 Å². The van der Waals surface area contributed by atoms with Crippen LogP contribution in [0.3, 0.4) is 0 Å². The van der Waals surface area contributed by atoms with Gasteiger partial charge >= 0.3 is 0 Å². The van der Waals surface area contributed by atoms with Gasteiger partial charge < -0.3 is 19.6 Å². The van der Waals surface area contributed by atoms with Crippen LogP contribution in [-0.4, -0.2) is 42.8 Å². The molecule has 2 atom stereocenters. The number of aromatic nitrogens is 3. The van der Waals surface area contributed by atoms with Crippen LogP contribution in [0.4, 0.5) is 0 Å². The highest BCUT2D eigenvalue weighted by atomic mass is 16.3. The maximum atomic E-state index is 13.1. The molecule has 4 aromatic rings. The first-order valence-electron chi connectivity index (χ1n) is 10.3. The Morgan fingerprint density at radius 2 is 1.81 bits per heavy atom. The minimum absolute atomic E-state index is 0.128. The van der Waals surface area contributed by atoms with Gasteiger partial charge in [-0.15, -0.1) is 0 Å². The fraction of sp³-hybridized carbons (Fsp3) is 0.208. The average Bonchev–Trinajstić information content (AvgIpc) is 3.51. The Bertz CT molecular complexity index is 1230. The van der Waals surface area contributed by atoms with E-state index in [1.165, 1.54) is 0 Å². The number of Topliss-reactive ketones (excluding diaryl/α,β-unsaturated/α-hetero) is 1. The fourth-order valence-corrected chi connectivity index (χ4v) is 4.45. The summed E-state index contributed by atoms with van der Waals surface area (Å²) in [6, 6.07) is 14.1. The maximum Gasteiger partial charge on any atom is 0.291 e. The number of H-pyrrole nitrogens is 1. The van der Waals surface area contributed by atoms with Crippen molar-refractivity contribution in [1.82, 2.24) is 19.4 Å². The predicted molar refractivity (Wildman–Crippen MR) is 115 cm³/mol. The second kappa shape index (κ2) is 7.75. The Morgan fingerprint density at radius 1 is 1.00 bits per heavy atom. The zero-order valence-electron chi connectivity index (χ0n) is 16.8. The van der Waals surface area contributed by atoms with Crippen LogP contribution in [0.2, 0.25) is 0 Å². The van der Waals surface area contributed by atoms with Crippen molar-refractivity contribution < 1.29 is 14.7 Å². The van der Waals surface area contributed by atoms with Crippen molar-refractivity contribution >= 4 is 22.6 Å². The molecule has 1 fully saturated rings. The zero-order valence-corrected chi connectivity index (χ0v) is 16.8. The van der Waals surface area contributed by atoms with Crippen LogP contribution in [-0.2, 0) is 16.1 Å². The lowest BCUT2D eigenvalue weighted by Crippen LogP contribution is -2.31. The smallest absolute Gasteiger partial charge is 0.291 e. The molecule has 31 heavy (non-hydrogen) atoms. The van der Waals surface area contributed by atoms with E-state index in [4.69, 9.17) is 0 Å². The first-order valence-corrected chi connectivity index (χ1v) is 10.3. The number of aromatic hydroxyl groups is 1. The van der Waals surface area contributed by atoms with Crippen molar-refractivity contribution in [2.75, 3.05) is 6.54 Å². The van der Waals surface area contributed by atoms with Crippen molar-refractivity contribution in [3.05, 3.63) is 84.6 Å². The third-order valence-electron chi connectivity index (χ3n) is 5.95. The molecule has 0 saturated carbocycles. The monoisotopic (exact) mass is 414 g/mol. The molecule has 1 saturated heterocycles. The highest BCUT2D eigenvalue weighted by Crippen LogP contribution is 2.43. The fourth-order valence-electron chi connectivity index (χ4n) is 4.45. The molecule has 0 radical (unpaired) electrons. The summed E-state index contributed by atoms with van der Waals surface area (Å²) in [5.74, 6) is -1.35. The van der Waals surface area contributed by atoms with E-state index < -0.39 is 23.7 Å². The molecule has 0 spiro atoms. The number of likely N-dealkylation sites (tertiary alicyclic amines) is 1. The number of imidazole rings is 1. The molecule has 1 amide bonds. The van der Waals surface area contributed by atoms with Gasteiger partial charge in [-0.3, -0.25) is 9.59 Å². The molecule has 1 aliphatic heterocycles. The third kappa shape index (κ3) is 3.48. The van der Waals surface area contributed by atoms with Crippen molar-refractivity contribution in [2.45, 2.75) is 24.9 Å². The number of nitrogens with zero attached hydrogens (tertiary/aromatic N) is 3. The lowest BCUT2D eigenvalue weighted by Gasteiger charge is -2.28. The summed E-state index contributed by atoms with van der Waals surface area (Å²) in [6.45, 7) is 1.18. The van der Waals surface area contributed by atoms with Crippen LogP contribution in [0.5, 0.6) is 5.75 Å². The first-order chi connectivity index (χ1) is 15.1. The number of aromatic amines is 1. The number of fused-ring (bicyclic) bond motifs is 1. The van der Waals surface area contributed by atoms with Crippen LogP contribution < -0.4 is 0 Å². The molecule has 2 N–H and O–H groups in total. The number of amides is 1. The van der Waals surface area contributed by atoms with Crippen molar-refractivity contribution in [1.29, 1.82) is 0 Å². The quantitative estimate of drug-likeness (QED) is 0.473. The minimum Gasteiger partial charge on any atom is -0.508 e. The van der Waals surface area contributed by atoms with Gasteiger partial charge in [-0.1, -0.05) is 18.2 Å². The van der Waals surface area contributed by atoms with Gasteiger partial charge in [0.15, 0.2) is 0 Å². The van der Waals surface area contributed by atoms with E-state index >= 15 is 0 Å². The van der Waals surface area contributed by atoms with Crippen LogP contribution >= 0.6 is 0 Å². The molecule has 0 aliphatic carbocycles. The second-order valence-corrected chi connectivity index (χ2v) is 7.86. The number of carbonyl (C=O) groups is 2. The Kier molecular flexibility index (Phi) is 4.78. The summed E-state index contributed by atoms with van der Waals surface area (Å²) in [5.41, 5.74) is 2.66. The van der Waals surface area contributed by atoms with Crippen molar-refractivity contribution in [3.63, 3.8) is 0 Å². The van der Waals surface area contributed by atoms with E-state index in [1.807, 2.05) is 41.2 Å². The highest BCUT2D eigenvalue weighted by molar-refractivity contribution is 6.40. The first kappa shape index (κ1) is 19.1. The largest absolute Gasteiger partial charge is 0.508 e. The predicted octanol–water partition coefficient (Wildman–Crippen LogP) is 3.40. The number of aryl methyl sites for hydroxylation is 1. The van der Waals surface area contributed by atoms with Crippen LogP contribution in [0, 0.1) is 0 Å². The lowest BCUT2D eigenvalue weighted by atomic mass is 9.86. The topological polar surface area (TPSA) is 91.2 Å². The summed E-state index contributed by atoms with van der Waals surface area (Å²) in [7, 11) is 0. The molecule has 2 aromatic heterocycles. The third-order valence-corrected chi connectivity index (χ3v) is 5.95. The SMILES string of the molecule is O=C1C(=O)N(CCCn2ccnc2)C(c2ccc3[nH]ccc3c2)C1c1ccc(O)cc1. The number of phenolic OH excluding ortho intramolecular Hbond substituents is 1. The van der Waals surface area contributed by atoms with E-state index in [2.05, 4.69) is 9.97 Å². The van der Waals surface area contributed by atoms with E-state index in [0.29, 0.717) is 19.5 Å². The summed E-state index contributed by atoms with van der Waals surface area (Å²) in [6.07, 6.45) is 7.93. The summed E-state index contributed by atoms with van der Waals surface area (Å²) in [4.78, 5) is 35.1.